The average molecular weight is 338 g/mol. The van der Waals surface area contributed by atoms with Crippen molar-refractivity contribution in [1.82, 2.24) is 19.7 Å². The molecule has 0 saturated heterocycles. The number of aromatic nitrogens is 3. The first-order valence-electron chi connectivity index (χ1n) is 6.29. The number of rotatable bonds is 4. The van der Waals surface area contributed by atoms with Crippen LogP contribution in [0.1, 0.15) is 0 Å². The summed E-state index contributed by atoms with van der Waals surface area (Å²) in [5.74, 6) is 0.534. The first-order chi connectivity index (χ1) is 10.5. The average Bonchev–Trinajstić information content (AvgIpc) is 2.99. The third-order valence-corrected chi connectivity index (χ3v) is 4.87. The molecule has 3 N–H and O–H groups in total. The molecule has 0 aliphatic carbocycles. The van der Waals surface area contributed by atoms with E-state index in [2.05, 4.69) is 25.0 Å². The summed E-state index contributed by atoms with van der Waals surface area (Å²) in [7, 11) is -2.20. The van der Waals surface area contributed by atoms with Crippen molar-refractivity contribution in [2.75, 3.05) is 12.4 Å². The van der Waals surface area contributed by atoms with Crippen LogP contribution in [0.25, 0.3) is 11.0 Å². The minimum Gasteiger partial charge on any atom is -0.346 e. The van der Waals surface area contributed by atoms with E-state index in [1.54, 1.807) is 6.20 Å². The number of anilines is 2. The van der Waals surface area contributed by atoms with Gasteiger partial charge in [-0.25, -0.2) is 23.1 Å². The van der Waals surface area contributed by atoms with Crippen LogP contribution in [0.2, 0.25) is 5.02 Å². The van der Waals surface area contributed by atoms with Crippen LogP contribution in [-0.2, 0) is 10.0 Å². The van der Waals surface area contributed by atoms with Gasteiger partial charge in [-0.3, -0.25) is 0 Å². The Morgan fingerprint density at radius 2 is 2.05 bits per heavy atom. The van der Waals surface area contributed by atoms with Crippen LogP contribution < -0.4 is 10.0 Å². The molecule has 0 fully saturated rings. The van der Waals surface area contributed by atoms with Gasteiger partial charge >= 0.3 is 0 Å². The molecule has 2 heterocycles. The Hall–Kier alpha value is -2.16. The Balaban J connectivity index is 2.05. The summed E-state index contributed by atoms with van der Waals surface area (Å²) in [6.07, 6.45) is 3.15. The van der Waals surface area contributed by atoms with E-state index in [4.69, 9.17) is 11.6 Å². The number of nitrogens with zero attached hydrogens (tertiary/aromatic N) is 2. The second-order valence-electron chi connectivity index (χ2n) is 4.44. The molecule has 22 heavy (non-hydrogen) atoms. The lowest BCUT2D eigenvalue weighted by molar-refractivity contribution is 0.588. The molecule has 3 rings (SSSR count). The number of nitrogens with one attached hydrogen (secondary N) is 3. The van der Waals surface area contributed by atoms with E-state index < -0.39 is 10.0 Å². The van der Waals surface area contributed by atoms with Gasteiger partial charge in [0, 0.05) is 6.20 Å². The third-order valence-electron chi connectivity index (χ3n) is 3.12. The quantitative estimate of drug-likeness (QED) is 0.678. The zero-order valence-corrected chi connectivity index (χ0v) is 13.0. The van der Waals surface area contributed by atoms with Crippen molar-refractivity contribution in [2.45, 2.75) is 4.90 Å². The molecule has 9 heteroatoms. The number of fused-ring (bicyclic) bond motifs is 1. The van der Waals surface area contributed by atoms with Crippen molar-refractivity contribution in [3.8, 4) is 0 Å². The third kappa shape index (κ3) is 2.63. The Morgan fingerprint density at radius 3 is 2.82 bits per heavy atom. The second kappa shape index (κ2) is 5.56. The van der Waals surface area contributed by atoms with Crippen LogP contribution in [0.3, 0.4) is 0 Å². The van der Waals surface area contributed by atoms with Crippen molar-refractivity contribution in [2.24, 2.45) is 0 Å². The molecule has 0 bridgehead atoms. The topological polar surface area (TPSA) is 99.8 Å². The Morgan fingerprint density at radius 1 is 1.23 bits per heavy atom. The first-order valence-corrected chi connectivity index (χ1v) is 8.15. The lowest BCUT2D eigenvalue weighted by Crippen LogP contribution is -2.18. The van der Waals surface area contributed by atoms with Gasteiger partial charge in [0.15, 0.2) is 0 Å². The van der Waals surface area contributed by atoms with Crippen LogP contribution >= 0.6 is 11.6 Å². The molecule has 1 aromatic carbocycles. The van der Waals surface area contributed by atoms with Crippen LogP contribution in [0, 0.1) is 0 Å². The summed E-state index contributed by atoms with van der Waals surface area (Å²) in [5, 5.41) is 4.21. The summed E-state index contributed by atoms with van der Waals surface area (Å²) < 4.78 is 26.0. The predicted molar refractivity (Wildman–Crippen MR) is 84.9 cm³/mol. The van der Waals surface area contributed by atoms with Crippen LogP contribution in [0.15, 0.2) is 41.7 Å². The Labute approximate surface area is 131 Å². The van der Waals surface area contributed by atoms with Crippen LogP contribution in [0.4, 0.5) is 11.5 Å². The minimum absolute atomic E-state index is 0.112. The smallest absolute Gasteiger partial charge is 0.240 e. The fourth-order valence-electron chi connectivity index (χ4n) is 1.98. The molecule has 2 aromatic heterocycles. The standard InChI is InChI=1S/C13H12ClN5O2S/c1-15-22(20,21)8-2-3-10(14)11(6-8)19-13-9-4-5-16-12(9)17-7-18-13/h2-7,15H,1H3,(H2,16,17,18,19). The summed E-state index contributed by atoms with van der Waals surface area (Å²) >= 11 is 6.14. The maximum Gasteiger partial charge on any atom is 0.240 e. The van der Waals surface area contributed by atoms with Gasteiger partial charge in [0.1, 0.15) is 17.8 Å². The highest BCUT2D eigenvalue weighted by Gasteiger charge is 2.14. The van der Waals surface area contributed by atoms with Gasteiger partial charge in [0.25, 0.3) is 0 Å². The van der Waals surface area contributed by atoms with Gasteiger partial charge in [-0.15, -0.1) is 0 Å². The van der Waals surface area contributed by atoms with E-state index >= 15 is 0 Å². The van der Waals surface area contributed by atoms with Gasteiger partial charge in [0.05, 0.1) is 21.0 Å². The Kier molecular flexibility index (Phi) is 3.73. The van der Waals surface area contributed by atoms with Crippen molar-refractivity contribution in [1.29, 1.82) is 0 Å². The number of benzene rings is 1. The highest BCUT2D eigenvalue weighted by Crippen LogP contribution is 2.29. The van der Waals surface area contributed by atoms with E-state index in [9.17, 15) is 8.42 Å². The van der Waals surface area contributed by atoms with Gasteiger partial charge in [-0.1, -0.05) is 11.6 Å². The number of hydrogen-bond acceptors (Lipinski definition) is 5. The summed E-state index contributed by atoms with van der Waals surface area (Å²) in [6, 6.07) is 6.23. The van der Waals surface area contributed by atoms with Gasteiger partial charge in [-0.2, -0.15) is 0 Å². The number of H-pyrrole nitrogens is 1. The number of halogens is 1. The van der Waals surface area contributed by atoms with E-state index in [-0.39, 0.29) is 4.90 Å². The van der Waals surface area contributed by atoms with Crippen molar-refractivity contribution < 1.29 is 8.42 Å². The number of aromatic amines is 1. The number of hydrogen-bond donors (Lipinski definition) is 3. The van der Waals surface area contributed by atoms with Crippen LogP contribution in [0.5, 0.6) is 0 Å². The molecule has 0 radical (unpaired) electrons. The van der Waals surface area contributed by atoms with Crippen molar-refractivity contribution in [3.63, 3.8) is 0 Å². The molecule has 114 valence electrons. The summed E-state index contributed by atoms with van der Waals surface area (Å²) in [6.45, 7) is 0. The fraction of sp³-hybridized carbons (Fsp3) is 0.0769. The van der Waals surface area contributed by atoms with Gasteiger partial charge in [-0.05, 0) is 31.3 Å². The monoisotopic (exact) mass is 337 g/mol. The molecule has 0 saturated carbocycles. The SMILES string of the molecule is CNS(=O)(=O)c1ccc(Cl)c(Nc2ncnc3[nH]ccc23)c1. The lowest BCUT2D eigenvalue weighted by Gasteiger charge is -2.10. The van der Waals surface area contributed by atoms with Gasteiger partial charge in [0.2, 0.25) is 10.0 Å². The normalized spacial score (nSPS) is 11.7. The zero-order chi connectivity index (χ0) is 15.7. The summed E-state index contributed by atoms with van der Waals surface area (Å²) in [5.41, 5.74) is 1.12. The first kappa shape index (κ1) is 14.8. The van der Waals surface area contributed by atoms with E-state index in [0.29, 0.717) is 22.2 Å². The maximum absolute atomic E-state index is 11.9. The highest BCUT2D eigenvalue weighted by atomic mass is 35.5. The molecule has 0 atom stereocenters. The fourth-order valence-corrected chi connectivity index (χ4v) is 2.91. The predicted octanol–water partition coefficient (Wildman–Crippen LogP) is 2.26. The van der Waals surface area contributed by atoms with Gasteiger partial charge < -0.3 is 10.3 Å². The molecule has 0 spiro atoms. The molecule has 0 amide bonds. The molecular weight excluding hydrogens is 326 g/mol. The molecule has 3 aromatic rings. The second-order valence-corrected chi connectivity index (χ2v) is 6.73. The molecule has 0 aliphatic heterocycles. The zero-order valence-electron chi connectivity index (χ0n) is 11.5. The molecule has 0 aliphatic rings. The maximum atomic E-state index is 11.9. The largest absolute Gasteiger partial charge is 0.346 e. The van der Waals surface area contributed by atoms with Crippen molar-refractivity contribution in [3.05, 3.63) is 41.8 Å². The molecular formula is C13H12ClN5O2S. The van der Waals surface area contributed by atoms with Crippen molar-refractivity contribution >= 4 is 44.2 Å². The Bertz CT molecular complexity index is 939. The highest BCUT2D eigenvalue weighted by molar-refractivity contribution is 7.89. The van der Waals surface area contributed by atoms with E-state index in [1.165, 1.54) is 31.6 Å². The minimum atomic E-state index is -3.55. The van der Waals surface area contributed by atoms with Crippen LogP contribution in [-0.4, -0.2) is 30.4 Å². The van der Waals surface area contributed by atoms with E-state index in [1.807, 2.05) is 6.07 Å². The molecule has 0 unspecified atom stereocenters. The lowest BCUT2D eigenvalue weighted by atomic mass is 10.3. The van der Waals surface area contributed by atoms with E-state index in [0.717, 1.165) is 5.39 Å². The summed E-state index contributed by atoms with van der Waals surface area (Å²) in [4.78, 5) is 11.3. The number of sulfonamides is 1. The molecule has 7 nitrogen and oxygen atoms in total.